The standard InChI is InChI=1S/C54H34S/c1-2-15-35(16-3-1)36-31-33-38(34-32-36)39-19-6-7-21-41(39)47-27-13-29-49-53-48(28-14-30-50(53)55-54(47)49)52-45-24-10-8-22-43(45)51(44-23-9-11-25-46(44)52)42-26-12-18-37-17-4-5-20-40(37)42/h1-34H. The predicted octanol–water partition coefficient (Wildman–Crippen LogP) is 15.8. The normalized spacial score (nSPS) is 11.6. The van der Waals surface area contributed by atoms with Crippen LogP contribution in [0, 0.1) is 0 Å². The minimum atomic E-state index is 1.22. The number of rotatable bonds is 5. The van der Waals surface area contributed by atoms with E-state index in [0.29, 0.717) is 0 Å². The zero-order valence-corrected chi connectivity index (χ0v) is 30.9. The van der Waals surface area contributed by atoms with Crippen molar-refractivity contribution >= 4 is 63.8 Å². The largest absolute Gasteiger partial charge is 0.135 e. The molecule has 0 aliphatic carbocycles. The highest BCUT2D eigenvalue weighted by molar-refractivity contribution is 7.26. The molecule has 1 heteroatoms. The van der Waals surface area contributed by atoms with Gasteiger partial charge in [0.05, 0.1) is 0 Å². The van der Waals surface area contributed by atoms with Gasteiger partial charge in [0.25, 0.3) is 0 Å². The van der Waals surface area contributed by atoms with E-state index >= 15 is 0 Å². The molecule has 1 heterocycles. The summed E-state index contributed by atoms with van der Waals surface area (Å²) in [5.74, 6) is 0. The predicted molar refractivity (Wildman–Crippen MR) is 239 cm³/mol. The van der Waals surface area contributed by atoms with Crippen molar-refractivity contribution in [2.24, 2.45) is 0 Å². The lowest BCUT2D eigenvalue weighted by Crippen LogP contribution is -1.92. The van der Waals surface area contributed by atoms with Gasteiger partial charge in [0.15, 0.2) is 0 Å². The molecule has 1 aromatic heterocycles. The highest BCUT2D eigenvalue weighted by Crippen LogP contribution is 2.50. The molecular weight excluding hydrogens is 681 g/mol. The van der Waals surface area contributed by atoms with E-state index in [-0.39, 0.29) is 0 Å². The van der Waals surface area contributed by atoms with Gasteiger partial charge in [0.1, 0.15) is 0 Å². The number of thiophene rings is 1. The van der Waals surface area contributed by atoms with Crippen LogP contribution >= 0.6 is 11.3 Å². The summed E-state index contributed by atoms with van der Waals surface area (Å²) >= 11 is 1.91. The Bertz CT molecular complexity index is 3180. The van der Waals surface area contributed by atoms with Crippen LogP contribution in [0.1, 0.15) is 0 Å². The van der Waals surface area contributed by atoms with Gasteiger partial charge in [-0.25, -0.2) is 0 Å². The number of hydrogen-bond donors (Lipinski definition) is 0. The second-order valence-electron chi connectivity index (χ2n) is 14.3. The van der Waals surface area contributed by atoms with Crippen molar-refractivity contribution in [2.45, 2.75) is 0 Å². The molecule has 0 amide bonds. The second kappa shape index (κ2) is 13.0. The molecule has 0 aliphatic heterocycles. The van der Waals surface area contributed by atoms with Gasteiger partial charge >= 0.3 is 0 Å². The minimum absolute atomic E-state index is 1.22. The Kier molecular flexibility index (Phi) is 7.46. The van der Waals surface area contributed by atoms with Gasteiger partial charge in [-0.15, -0.1) is 11.3 Å². The second-order valence-corrected chi connectivity index (χ2v) is 15.4. The van der Waals surface area contributed by atoms with Crippen molar-refractivity contribution in [3.8, 4) is 55.6 Å². The summed E-state index contributed by atoms with van der Waals surface area (Å²) in [5, 5.41) is 10.3. The van der Waals surface area contributed by atoms with E-state index in [0.717, 1.165) is 0 Å². The third-order valence-corrected chi connectivity index (χ3v) is 12.5. The van der Waals surface area contributed by atoms with Crippen molar-refractivity contribution in [1.29, 1.82) is 0 Å². The summed E-state index contributed by atoms with van der Waals surface area (Å²) < 4.78 is 2.62. The van der Waals surface area contributed by atoms with Gasteiger partial charge in [-0.1, -0.05) is 200 Å². The molecule has 55 heavy (non-hydrogen) atoms. The Morgan fingerprint density at radius 1 is 0.255 bits per heavy atom. The lowest BCUT2D eigenvalue weighted by atomic mass is 9.84. The lowest BCUT2D eigenvalue weighted by Gasteiger charge is -2.19. The Hall–Kier alpha value is -6.80. The van der Waals surface area contributed by atoms with E-state index in [2.05, 4.69) is 206 Å². The third kappa shape index (κ3) is 5.12. The Morgan fingerprint density at radius 2 is 0.709 bits per heavy atom. The van der Waals surface area contributed by atoms with Crippen LogP contribution in [-0.2, 0) is 0 Å². The summed E-state index contributed by atoms with van der Waals surface area (Å²) in [6.07, 6.45) is 0. The van der Waals surface area contributed by atoms with Crippen LogP contribution in [0.4, 0.5) is 0 Å². The summed E-state index contributed by atoms with van der Waals surface area (Å²) in [7, 11) is 0. The molecule has 0 aliphatic rings. The fraction of sp³-hybridized carbons (Fsp3) is 0. The lowest BCUT2D eigenvalue weighted by molar-refractivity contribution is 1.58. The molecule has 0 bridgehead atoms. The van der Waals surface area contributed by atoms with Crippen molar-refractivity contribution in [2.75, 3.05) is 0 Å². The first-order valence-corrected chi connectivity index (χ1v) is 19.7. The van der Waals surface area contributed by atoms with Crippen molar-refractivity contribution < 1.29 is 0 Å². The molecular formula is C54H34S. The molecule has 0 radical (unpaired) electrons. The van der Waals surface area contributed by atoms with Crippen molar-refractivity contribution in [3.05, 3.63) is 206 Å². The van der Waals surface area contributed by atoms with Crippen LogP contribution in [0.5, 0.6) is 0 Å². The highest BCUT2D eigenvalue weighted by Gasteiger charge is 2.21. The highest BCUT2D eigenvalue weighted by atomic mass is 32.1. The molecule has 0 atom stereocenters. The molecule has 0 saturated heterocycles. The van der Waals surface area contributed by atoms with E-state index in [4.69, 9.17) is 0 Å². The van der Waals surface area contributed by atoms with Crippen molar-refractivity contribution in [1.82, 2.24) is 0 Å². The van der Waals surface area contributed by atoms with E-state index in [1.807, 2.05) is 11.3 Å². The maximum Gasteiger partial charge on any atom is 0.0434 e. The van der Waals surface area contributed by atoms with Gasteiger partial charge in [-0.3, -0.25) is 0 Å². The summed E-state index contributed by atoms with van der Waals surface area (Å²) in [4.78, 5) is 0. The van der Waals surface area contributed by atoms with E-state index in [1.54, 1.807) is 0 Å². The Balaban J connectivity index is 1.14. The fourth-order valence-corrected chi connectivity index (χ4v) is 10.1. The zero-order chi connectivity index (χ0) is 36.3. The number of hydrogen-bond acceptors (Lipinski definition) is 1. The molecule has 11 aromatic rings. The summed E-state index contributed by atoms with van der Waals surface area (Å²) in [6, 6.07) is 75.8. The summed E-state index contributed by atoms with van der Waals surface area (Å²) in [5.41, 5.74) is 12.6. The van der Waals surface area contributed by atoms with Crippen LogP contribution in [-0.4, -0.2) is 0 Å². The molecule has 0 fully saturated rings. The average molecular weight is 715 g/mol. The molecule has 0 nitrogen and oxygen atoms in total. The zero-order valence-electron chi connectivity index (χ0n) is 30.0. The first-order chi connectivity index (χ1) is 27.3. The van der Waals surface area contributed by atoms with Crippen molar-refractivity contribution in [3.63, 3.8) is 0 Å². The van der Waals surface area contributed by atoms with Crippen LogP contribution in [0.25, 0.3) is 108 Å². The molecule has 0 spiro atoms. The number of benzene rings is 10. The fourth-order valence-electron chi connectivity index (χ4n) is 8.86. The van der Waals surface area contributed by atoms with Gasteiger partial charge in [0, 0.05) is 25.7 Å². The quantitative estimate of drug-likeness (QED) is 0.156. The first kappa shape index (κ1) is 31.7. The number of fused-ring (bicyclic) bond motifs is 6. The van der Waals surface area contributed by atoms with Gasteiger partial charge in [-0.2, -0.15) is 0 Å². The van der Waals surface area contributed by atoms with Crippen LogP contribution in [0.3, 0.4) is 0 Å². The average Bonchev–Trinajstić information content (AvgIpc) is 3.65. The summed E-state index contributed by atoms with van der Waals surface area (Å²) in [6.45, 7) is 0. The van der Waals surface area contributed by atoms with E-state index < -0.39 is 0 Å². The molecule has 10 aromatic carbocycles. The monoisotopic (exact) mass is 714 g/mol. The van der Waals surface area contributed by atoms with Crippen LogP contribution in [0.2, 0.25) is 0 Å². The molecule has 11 rings (SSSR count). The van der Waals surface area contributed by atoms with Gasteiger partial charge < -0.3 is 0 Å². The molecule has 0 unspecified atom stereocenters. The smallest absolute Gasteiger partial charge is 0.0434 e. The van der Waals surface area contributed by atoms with Gasteiger partial charge in [0.2, 0.25) is 0 Å². The van der Waals surface area contributed by atoms with Gasteiger partial charge in [-0.05, 0) is 88.5 Å². The topological polar surface area (TPSA) is 0 Å². The molecule has 0 N–H and O–H groups in total. The van der Waals surface area contributed by atoms with E-state index in [9.17, 15) is 0 Å². The first-order valence-electron chi connectivity index (χ1n) is 18.9. The minimum Gasteiger partial charge on any atom is -0.135 e. The molecule has 0 saturated carbocycles. The Morgan fingerprint density at radius 3 is 1.44 bits per heavy atom. The van der Waals surface area contributed by atoms with Crippen LogP contribution in [0.15, 0.2) is 206 Å². The molecule has 256 valence electrons. The van der Waals surface area contributed by atoms with E-state index in [1.165, 1.54) is 108 Å². The maximum atomic E-state index is 2.34. The third-order valence-electron chi connectivity index (χ3n) is 11.3. The Labute approximate surface area is 324 Å². The maximum absolute atomic E-state index is 2.34. The van der Waals surface area contributed by atoms with Crippen LogP contribution < -0.4 is 0 Å². The SMILES string of the molecule is c1ccc(-c2ccc(-c3ccccc3-c3cccc4c3sc3cccc(-c5c6ccccc6c(-c6cccc7ccccc67)c6ccccc56)c34)cc2)cc1.